The van der Waals surface area contributed by atoms with E-state index < -0.39 is 29.3 Å². The average molecular weight is 302 g/mol. The van der Waals surface area contributed by atoms with E-state index in [1.807, 2.05) is 0 Å². The van der Waals surface area contributed by atoms with Gasteiger partial charge in [0, 0.05) is 30.5 Å². The predicted molar refractivity (Wildman–Crippen MR) is 70.1 cm³/mol. The number of nitrogens with one attached hydrogen (secondary N) is 1. The number of pyridine rings is 1. The summed E-state index contributed by atoms with van der Waals surface area (Å²) in [7, 11) is 0. The lowest BCUT2D eigenvalue weighted by atomic mass is 9.78. The zero-order chi connectivity index (χ0) is 15.8. The topological polar surface area (TPSA) is 62.2 Å². The van der Waals surface area contributed by atoms with Crippen molar-refractivity contribution in [2.24, 2.45) is 0 Å². The van der Waals surface area contributed by atoms with E-state index in [1.165, 1.54) is 12.3 Å². The van der Waals surface area contributed by atoms with Crippen molar-refractivity contribution in [2.75, 3.05) is 0 Å². The van der Waals surface area contributed by atoms with E-state index in [0.29, 0.717) is 5.56 Å². The molecule has 0 unspecified atom stereocenters. The summed E-state index contributed by atoms with van der Waals surface area (Å²) in [5, 5.41) is 11.0. The molecule has 0 spiro atoms. The van der Waals surface area contributed by atoms with Crippen LogP contribution < -0.4 is 5.32 Å². The summed E-state index contributed by atoms with van der Waals surface area (Å²) in [4.78, 5) is 14.6. The van der Waals surface area contributed by atoms with Crippen LogP contribution >= 0.6 is 0 Å². The standard InChI is InChI=1S/C14H17F3N2O2/c1-13(2,19-12(20)21)4-8-3-10(15)11(18-7-8)9-5-14(16,17)6-9/h3,7,9,19H,4-6H2,1-2H3,(H,20,21). The van der Waals surface area contributed by atoms with Gasteiger partial charge in [0.25, 0.3) is 0 Å². The van der Waals surface area contributed by atoms with Crippen LogP contribution in [0.3, 0.4) is 0 Å². The Morgan fingerprint density at radius 2 is 2.14 bits per heavy atom. The van der Waals surface area contributed by atoms with Crippen LogP contribution in [0.5, 0.6) is 0 Å². The lowest BCUT2D eigenvalue weighted by molar-refractivity contribution is -0.0882. The van der Waals surface area contributed by atoms with Gasteiger partial charge in [0.2, 0.25) is 5.92 Å². The summed E-state index contributed by atoms with van der Waals surface area (Å²) in [5.41, 5.74) is -0.194. The van der Waals surface area contributed by atoms with Crippen LogP contribution in [0.2, 0.25) is 0 Å². The second kappa shape index (κ2) is 5.20. The molecule has 116 valence electrons. The zero-order valence-electron chi connectivity index (χ0n) is 11.8. The molecule has 7 heteroatoms. The molecule has 1 heterocycles. The summed E-state index contributed by atoms with van der Waals surface area (Å²) < 4.78 is 39.6. The van der Waals surface area contributed by atoms with E-state index >= 15 is 0 Å². The predicted octanol–water partition coefficient (Wildman–Crippen LogP) is 3.32. The molecule has 0 atom stereocenters. The molecule has 0 saturated heterocycles. The minimum absolute atomic E-state index is 0.0636. The normalized spacial score (nSPS) is 18.1. The van der Waals surface area contributed by atoms with Crippen molar-refractivity contribution in [3.8, 4) is 0 Å². The molecule has 0 aliphatic heterocycles. The second-order valence-electron chi connectivity index (χ2n) is 6.16. The van der Waals surface area contributed by atoms with Crippen molar-refractivity contribution in [1.29, 1.82) is 0 Å². The van der Waals surface area contributed by atoms with E-state index in [0.717, 1.165) is 0 Å². The second-order valence-corrected chi connectivity index (χ2v) is 6.16. The number of amides is 1. The number of carbonyl (C=O) groups is 1. The Morgan fingerprint density at radius 3 is 2.62 bits per heavy atom. The van der Waals surface area contributed by atoms with Gasteiger partial charge in [-0.2, -0.15) is 0 Å². The highest BCUT2D eigenvalue weighted by atomic mass is 19.3. The van der Waals surface area contributed by atoms with Crippen molar-refractivity contribution in [2.45, 2.75) is 50.5 Å². The van der Waals surface area contributed by atoms with Gasteiger partial charge in [0.05, 0.1) is 5.69 Å². The summed E-state index contributed by atoms with van der Waals surface area (Å²) >= 11 is 0. The van der Waals surface area contributed by atoms with Gasteiger partial charge in [-0.05, 0) is 31.9 Å². The van der Waals surface area contributed by atoms with Gasteiger partial charge in [0.1, 0.15) is 5.82 Å². The zero-order valence-corrected chi connectivity index (χ0v) is 11.8. The molecular weight excluding hydrogens is 285 g/mol. The summed E-state index contributed by atoms with van der Waals surface area (Å²) in [5.74, 6) is -3.87. The molecule has 1 amide bonds. The van der Waals surface area contributed by atoms with E-state index in [1.54, 1.807) is 13.8 Å². The number of carboxylic acid groups (broad SMARTS) is 1. The highest BCUT2D eigenvalue weighted by Gasteiger charge is 2.47. The van der Waals surface area contributed by atoms with Crippen LogP contribution in [0.25, 0.3) is 0 Å². The van der Waals surface area contributed by atoms with Crippen LogP contribution in [-0.2, 0) is 6.42 Å². The van der Waals surface area contributed by atoms with Crippen LogP contribution in [0, 0.1) is 5.82 Å². The molecule has 2 N–H and O–H groups in total. The molecule has 0 bridgehead atoms. The van der Waals surface area contributed by atoms with Gasteiger partial charge in [-0.3, -0.25) is 4.98 Å². The summed E-state index contributed by atoms with van der Waals surface area (Å²) in [6.45, 7) is 3.33. The molecule has 1 aliphatic carbocycles. The Morgan fingerprint density at radius 1 is 1.52 bits per heavy atom. The fourth-order valence-corrected chi connectivity index (χ4v) is 2.58. The Labute approximate surface area is 120 Å². The molecule has 1 fully saturated rings. The lowest BCUT2D eigenvalue weighted by Crippen LogP contribution is -2.44. The third-order valence-corrected chi connectivity index (χ3v) is 3.49. The smallest absolute Gasteiger partial charge is 0.405 e. The number of rotatable bonds is 4. The van der Waals surface area contributed by atoms with Gasteiger partial charge < -0.3 is 10.4 Å². The molecule has 0 aromatic carbocycles. The Kier molecular flexibility index (Phi) is 3.86. The molecule has 2 rings (SSSR count). The average Bonchev–Trinajstić information content (AvgIpc) is 2.23. The van der Waals surface area contributed by atoms with Crippen molar-refractivity contribution in [3.05, 3.63) is 29.3 Å². The first-order valence-corrected chi connectivity index (χ1v) is 6.61. The first kappa shape index (κ1) is 15.6. The SMILES string of the molecule is CC(C)(Cc1cnc(C2CC(F)(F)C2)c(F)c1)NC(=O)O. The number of halogens is 3. The summed E-state index contributed by atoms with van der Waals surface area (Å²) in [6.07, 6.45) is -0.239. The third kappa shape index (κ3) is 3.86. The molecular formula is C14H17F3N2O2. The molecule has 4 nitrogen and oxygen atoms in total. The van der Waals surface area contributed by atoms with Crippen molar-refractivity contribution < 1.29 is 23.1 Å². The Balaban J connectivity index is 2.07. The van der Waals surface area contributed by atoms with Crippen molar-refractivity contribution >= 4 is 6.09 Å². The first-order chi connectivity index (χ1) is 9.58. The van der Waals surface area contributed by atoms with E-state index in [9.17, 15) is 18.0 Å². The quantitative estimate of drug-likeness (QED) is 0.897. The first-order valence-electron chi connectivity index (χ1n) is 6.61. The fraction of sp³-hybridized carbons (Fsp3) is 0.571. The largest absolute Gasteiger partial charge is 0.465 e. The molecule has 1 saturated carbocycles. The van der Waals surface area contributed by atoms with E-state index in [2.05, 4.69) is 10.3 Å². The maximum Gasteiger partial charge on any atom is 0.405 e. The summed E-state index contributed by atoms with van der Waals surface area (Å²) in [6, 6.07) is 1.24. The Hall–Kier alpha value is -1.79. The highest BCUT2D eigenvalue weighted by molar-refractivity contribution is 5.65. The maximum absolute atomic E-state index is 14.0. The van der Waals surface area contributed by atoms with Gasteiger partial charge in [-0.25, -0.2) is 18.0 Å². The number of aromatic nitrogens is 1. The van der Waals surface area contributed by atoms with Crippen molar-refractivity contribution in [3.63, 3.8) is 0 Å². The lowest BCUT2D eigenvalue weighted by Gasteiger charge is -2.34. The Bertz CT molecular complexity index is 553. The monoisotopic (exact) mass is 302 g/mol. The van der Waals surface area contributed by atoms with Crippen molar-refractivity contribution in [1.82, 2.24) is 10.3 Å². The van der Waals surface area contributed by atoms with Crippen LogP contribution in [-0.4, -0.2) is 27.6 Å². The number of hydrogen-bond acceptors (Lipinski definition) is 2. The molecule has 1 aliphatic rings. The highest BCUT2D eigenvalue weighted by Crippen LogP contribution is 2.48. The minimum Gasteiger partial charge on any atom is -0.465 e. The number of nitrogens with zero attached hydrogens (tertiary/aromatic N) is 1. The number of alkyl halides is 2. The van der Waals surface area contributed by atoms with Crippen LogP contribution in [0.15, 0.2) is 12.3 Å². The van der Waals surface area contributed by atoms with E-state index in [4.69, 9.17) is 5.11 Å². The molecule has 1 aromatic heterocycles. The van der Waals surface area contributed by atoms with Crippen LogP contribution in [0.1, 0.15) is 43.9 Å². The van der Waals surface area contributed by atoms with Gasteiger partial charge >= 0.3 is 6.09 Å². The fourth-order valence-electron chi connectivity index (χ4n) is 2.58. The molecule has 0 radical (unpaired) electrons. The molecule has 1 aromatic rings. The number of hydrogen-bond donors (Lipinski definition) is 2. The van der Waals surface area contributed by atoms with Crippen LogP contribution in [0.4, 0.5) is 18.0 Å². The third-order valence-electron chi connectivity index (χ3n) is 3.49. The van der Waals surface area contributed by atoms with Gasteiger partial charge in [0.15, 0.2) is 0 Å². The molecule has 21 heavy (non-hydrogen) atoms. The minimum atomic E-state index is -2.72. The maximum atomic E-state index is 14.0. The van der Waals surface area contributed by atoms with Gasteiger partial charge in [-0.15, -0.1) is 0 Å². The van der Waals surface area contributed by atoms with E-state index in [-0.39, 0.29) is 25.0 Å². The van der Waals surface area contributed by atoms with Gasteiger partial charge in [-0.1, -0.05) is 0 Å².